The highest BCUT2D eigenvalue weighted by Gasteiger charge is 2.34. The summed E-state index contributed by atoms with van der Waals surface area (Å²) < 4.78 is 11.3. The molecule has 32 heavy (non-hydrogen) atoms. The third-order valence-corrected chi connectivity index (χ3v) is 5.72. The largest absolute Gasteiger partial charge is 0.493 e. The first-order chi connectivity index (χ1) is 15.4. The molecule has 0 bridgehead atoms. The van der Waals surface area contributed by atoms with E-state index in [0.717, 1.165) is 16.9 Å². The summed E-state index contributed by atoms with van der Waals surface area (Å²) in [4.78, 5) is 19.0. The molecule has 2 aromatic carbocycles. The van der Waals surface area contributed by atoms with Gasteiger partial charge in [-0.05, 0) is 47.2 Å². The smallest absolute Gasteiger partial charge is 0.232 e. The van der Waals surface area contributed by atoms with Crippen LogP contribution in [0.15, 0.2) is 53.1 Å². The summed E-state index contributed by atoms with van der Waals surface area (Å²) in [5, 5.41) is 4.14. The lowest BCUT2D eigenvalue weighted by molar-refractivity contribution is -0.128. The molecule has 168 valence electrons. The van der Waals surface area contributed by atoms with Gasteiger partial charge < -0.3 is 14.2 Å². The van der Waals surface area contributed by atoms with Crippen molar-refractivity contribution in [2.75, 3.05) is 13.2 Å². The zero-order valence-electron chi connectivity index (χ0n) is 19.2. The maximum Gasteiger partial charge on any atom is 0.232 e. The number of hydrogen-bond acceptors (Lipinski definition) is 5. The molecule has 6 nitrogen and oxygen atoms in total. The number of likely N-dealkylation sites (tertiary alicyclic amines) is 1. The van der Waals surface area contributed by atoms with Crippen LogP contribution in [0.3, 0.4) is 0 Å². The van der Waals surface area contributed by atoms with Crippen molar-refractivity contribution < 1.29 is 14.1 Å². The van der Waals surface area contributed by atoms with Crippen molar-refractivity contribution in [3.05, 3.63) is 65.5 Å². The van der Waals surface area contributed by atoms with Gasteiger partial charge in [-0.15, -0.1) is 0 Å². The van der Waals surface area contributed by atoms with E-state index in [1.54, 1.807) is 0 Å². The van der Waals surface area contributed by atoms with E-state index >= 15 is 0 Å². The minimum absolute atomic E-state index is 0.0765. The number of nitrogens with zero attached hydrogens (tertiary/aromatic N) is 3. The maximum atomic E-state index is 12.6. The van der Waals surface area contributed by atoms with E-state index < -0.39 is 0 Å². The third-order valence-electron chi connectivity index (χ3n) is 5.72. The standard InChI is InChI=1S/C26H31N3O3/c1-17(2)16-31-23-11-9-21(10-12-23)25-27-26(32-28-25)22-13-24(30)29(15-22)14-19-5-7-20(8-6-19)18(3)4/h5-12,17-18,22H,13-16H2,1-4H3. The number of aromatic nitrogens is 2. The fourth-order valence-electron chi connectivity index (χ4n) is 3.80. The Labute approximate surface area is 189 Å². The lowest BCUT2D eigenvalue weighted by atomic mass is 10.0. The Hall–Kier alpha value is -3.15. The zero-order chi connectivity index (χ0) is 22.7. The van der Waals surface area contributed by atoms with Gasteiger partial charge in [0.1, 0.15) is 5.75 Å². The van der Waals surface area contributed by atoms with Crippen molar-refractivity contribution in [1.82, 2.24) is 15.0 Å². The second-order valence-corrected chi connectivity index (χ2v) is 9.26. The van der Waals surface area contributed by atoms with Crippen LogP contribution in [-0.4, -0.2) is 34.1 Å². The lowest BCUT2D eigenvalue weighted by Gasteiger charge is -2.16. The van der Waals surface area contributed by atoms with E-state index in [2.05, 4.69) is 62.1 Å². The zero-order valence-corrected chi connectivity index (χ0v) is 19.2. The average Bonchev–Trinajstić information content (AvgIpc) is 3.40. The molecule has 1 fully saturated rings. The molecular formula is C26H31N3O3. The third kappa shape index (κ3) is 5.18. The summed E-state index contributed by atoms with van der Waals surface area (Å²) in [5.41, 5.74) is 3.30. The van der Waals surface area contributed by atoms with Crippen LogP contribution in [0.1, 0.15) is 63.0 Å². The van der Waals surface area contributed by atoms with E-state index in [1.807, 2.05) is 29.2 Å². The molecule has 0 spiro atoms. The van der Waals surface area contributed by atoms with Gasteiger partial charge in [0.2, 0.25) is 17.6 Å². The molecular weight excluding hydrogens is 402 g/mol. The van der Waals surface area contributed by atoms with E-state index in [9.17, 15) is 4.79 Å². The molecule has 1 aromatic heterocycles. The number of carbonyl (C=O) groups is 1. The van der Waals surface area contributed by atoms with E-state index in [-0.39, 0.29) is 11.8 Å². The number of rotatable bonds is 8. The van der Waals surface area contributed by atoms with Gasteiger partial charge in [0.05, 0.1) is 12.5 Å². The molecule has 0 aliphatic carbocycles. The van der Waals surface area contributed by atoms with Crippen molar-refractivity contribution in [3.8, 4) is 17.1 Å². The Balaban J connectivity index is 1.38. The molecule has 1 aliphatic heterocycles. The van der Waals surface area contributed by atoms with Gasteiger partial charge in [-0.1, -0.05) is 57.1 Å². The van der Waals surface area contributed by atoms with Crippen LogP contribution < -0.4 is 4.74 Å². The second-order valence-electron chi connectivity index (χ2n) is 9.26. The van der Waals surface area contributed by atoms with Gasteiger partial charge >= 0.3 is 0 Å². The van der Waals surface area contributed by atoms with Gasteiger partial charge in [0, 0.05) is 25.1 Å². The Kier molecular flexibility index (Phi) is 6.58. The summed E-state index contributed by atoms with van der Waals surface area (Å²) in [5.74, 6) is 2.89. The molecule has 4 rings (SSSR count). The van der Waals surface area contributed by atoms with Crippen molar-refractivity contribution in [2.45, 2.75) is 52.5 Å². The van der Waals surface area contributed by atoms with Crippen molar-refractivity contribution in [2.24, 2.45) is 5.92 Å². The Bertz CT molecular complexity index is 1040. The SMILES string of the molecule is CC(C)COc1ccc(-c2noc(C3CC(=O)N(Cc4ccc(C(C)C)cc4)C3)n2)cc1. The molecule has 1 amide bonds. The minimum atomic E-state index is -0.0765. The highest BCUT2D eigenvalue weighted by Crippen LogP contribution is 2.30. The lowest BCUT2D eigenvalue weighted by Crippen LogP contribution is -2.24. The first kappa shape index (κ1) is 22.1. The van der Waals surface area contributed by atoms with Gasteiger partial charge in [-0.3, -0.25) is 4.79 Å². The fourth-order valence-corrected chi connectivity index (χ4v) is 3.80. The average molecular weight is 434 g/mol. The Morgan fingerprint density at radius 3 is 2.44 bits per heavy atom. The normalized spacial score (nSPS) is 16.4. The molecule has 0 radical (unpaired) electrons. The van der Waals surface area contributed by atoms with Gasteiger partial charge in [-0.25, -0.2) is 0 Å². The summed E-state index contributed by atoms with van der Waals surface area (Å²) in [6.45, 7) is 10.5. The number of hydrogen-bond donors (Lipinski definition) is 0. The predicted molar refractivity (Wildman–Crippen MR) is 123 cm³/mol. The molecule has 1 unspecified atom stereocenters. The van der Waals surface area contributed by atoms with Crippen LogP contribution in [0.5, 0.6) is 5.75 Å². The number of benzene rings is 2. The highest BCUT2D eigenvalue weighted by atomic mass is 16.5. The second kappa shape index (κ2) is 9.55. The summed E-state index contributed by atoms with van der Waals surface area (Å²) in [6.07, 6.45) is 0.397. The highest BCUT2D eigenvalue weighted by molar-refractivity contribution is 5.79. The molecule has 6 heteroatoms. The summed E-state index contributed by atoms with van der Waals surface area (Å²) in [7, 11) is 0. The van der Waals surface area contributed by atoms with Crippen molar-refractivity contribution >= 4 is 5.91 Å². The van der Waals surface area contributed by atoms with Crippen molar-refractivity contribution in [1.29, 1.82) is 0 Å². The van der Waals surface area contributed by atoms with Crippen LogP contribution in [0, 0.1) is 5.92 Å². The first-order valence-electron chi connectivity index (χ1n) is 11.3. The van der Waals surface area contributed by atoms with Crippen LogP contribution in [0.4, 0.5) is 0 Å². The van der Waals surface area contributed by atoms with Gasteiger partial charge in [-0.2, -0.15) is 4.98 Å². The fraction of sp³-hybridized carbons (Fsp3) is 0.423. The predicted octanol–water partition coefficient (Wildman–Crippen LogP) is 5.41. The number of amides is 1. The number of ether oxygens (including phenoxy) is 1. The topological polar surface area (TPSA) is 68.5 Å². The molecule has 1 saturated heterocycles. The van der Waals surface area contributed by atoms with E-state index in [1.165, 1.54) is 5.56 Å². The number of carbonyl (C=O) groups excluding carboxylic acids is 1. The minimum Gasteiger partial charge on any atom is -0.493 e. The molecule has 3 aromatic rings. The monoisotopic (exact) mass is 433 g/mol. The van der Waals surface area contributed by atoms with Crippen LogP contribution in [0.25, 0.3) is 11.4 Å². The van der Waals surface area contributed by atoms with Crippen LogP contribution in [-0.2, 0) is 11.3 Å². The molecule has 2 heterocycles. The van der Waals surface area contributed by atoms with Gasteiger partial charge in [0.15, 0.2) is 0 Å². The van der Waals surface area contributed by atoms with Crippen LogP contribution >= 0.6 is 0 Å². The van der Waals surface area contributed by atoms with E-state index in [4.69, 9.17) is 9.26 Å². The Morgan fingerprint density at radius 2 is 1.78 bits per heavy atom. The first-order valence-corrected chi connectivity index (χ1v) is 11.3. The quantitative estimate of drug-likeness (QED) is 0.475. The van der Waals surface area contributed by atoms with Gasteiger partial charge in [0.25, 0.3) is 0 Å². The molecule has 0 saturated carbocycles. The maximum absolute atomic E-state index is 12.6. The molecule has 1 atom stereocenters. The molecule has 0 N–H and O–H groups in total. The van der Waals surface area contributed by atoms with E-state index in [0.29, 0.717) is 49.7 Å². The summed E-state index contributed by atoms with van der Waals surface area (Å²) in [6, 6.07) is 16.2. The van der Waals surface area contributed by atoms with Crippen LogP contribution in [0.2, 0.25) is 0 Å². The van der Waals surface area contributed by atoms with Crippen molar-refractivity contribution in [3.63, 3.8) is 0 Å². The molecule has 1 aliphatic rings. The Morgan fingerprint density at radius 1 is 1.06 bits per heavy atom. The summed E-state index contributed by atoms with van der Waals surface area (Å²) >= 11 is 0.